The first-order chi connectivity index (χ1) is 17.2. The summed E-state index contributed by atoms with van der Waals surface area (Å²) in [6.45, 7) is 6.18. The molecule has 0 atom stereocenters. The minimum absolute atomic E-state index is 0.192. The molecule has 2 aromatic heterocycles. The van der Waals surface area contributed by atoms with E-state index in [1.165, 1.54) is 22.3 Å². The summed E-state index contributed by atoms with van der Waals surface area (Å²) in [6.07, 6.45) is 5.40. The number of nitrogens with zero attached hydrogens (tertiary/aromatic N) is 5. The summed E-state index contributed by atoms with van der Waals surface area (Å²) in [7, 11) is 0. The van der Waals surface area contributed by atoms with Crippen LogP contribution in [0.15, 0.2) is 29.7 Å². The van der Waals surface area contributed by atoms with Crippen LogP contribution < -0.4 is 4.90 Å². The summed E-state index contributed by atoms with van der Waals surface area (Å²) in [4.78, 5) is 28.4. The van der Waals surface area contributed by atoms with E-state index in [0.29, 0.717) is 26.3 Å². The maximum Gasteiger partial charge on any atom is 0.248 e. The van der Waals surface area contributed by atoms with Crippen molar-refractivity contribution in [3.8, 4) is 11.3 Å². The van der Waals surface area contributed by atoms with E-state index in [0.717, 1.165) is 61.0 Å². The number of thiophene rings is 1. The van der Waals surface area contributed by atoms with Crippen molar-refractivity contribution >= 4 is 39.5 Å². The number of fused-ring (bicyclic) bond motifs is 2. The number of hydrogen-bond donors (Lipinski definition) is 1. The lowest BCUT2D eigenvalue weighted by Gasteiger charge is -2.34. The van der Waals surface area contributed by atoms with Crippen molar-refractivity contribution in [1.29, 1.82) is 0 Å². The van der Waals surface area contributed by atoms with Crippen LogP contribution in [0.1, 0.15) is 16.7 Å². The Morgan fingerprint density at radius 1 is 1.09 bits per heavy atom. The second kappa shape index (κ2) is 9.66. The van der Waals surface area contributed by atoms with Crippen LogP contribution in [0.25, 0.3) is 27.6 Å². The van der Waals surface area contributed by atoms with E-state index in [1.807, 2.05) is 0 Å². The molecule has 8 nitrogen and oxygen atoms in total. The first-order valence-electron chi connectivity index (χ1n) is 12.2. The molecule has 0 saturated carbocycles. The van der Waals surface area contributed by atoms with Crippen LogP contribution >= 0.6 is 11.3 Å². The van der Waals surface area contributed by atoms with E-state index >= 15 is 0 Å². The van der Waals surface area contributed by atoms with Crippen molar-refractivity contribution < 1.29 is 14.6 Å². The standard InChI is InChI=1S/C26H29N5O3S/c32-16-22(33)30-9-7-29(8-10-30)15-19-17-35-25-23(19)27-26(31-11-13-34-14-12-31)28-24(25)21-6-2-4-18-3-1-5-20(18)21/h1-2,4-6,17,32H,3,7-16H2. The molecule has 3 aromatic rings. The Hall–Kier alpha value is -2.85. The topological polar surface area (TPSA) is 82.0 Å². The highest BCUT2D eigenvalue weighted by Crippen LogP contribution is 2.39. The molecule has 1 aromatic carbocycles. The summed E-state index contributed by atoms with van der Waals surface area (Å²) in [5, 5.41) is 11.4. The molecular formula is C26H29N5O3S. The number of aliphatic hydroxyl groups is 1. The predicted octanol–water partition coefficient (Wildman–Crippen LogP) is 2.40. The van der Waals surface area contributed by atoms with Crippen molar-refractivity contribution in [3.05, 3.63) is 46.3 Å². The predicted molar refractivity (Wildman–Crippen MR) is 138 cm³/mol. The lowest BCUT2D eigenvalue weighted by molar-refractivity contribution is -0.135. The number of rotatable bonds is 5. The number of amides is 1. The lowest BCUT2D eigenvalue weighted by atomic mass is 10.0. The van der Waals surface area contributed by atoms with Gasteiger partial charge >= 0.3 is 0 Å². The number of benzene rings is 1. The van der Waals surface area contributed by atoms with Crippen LogP contribution in [0.4, 0.5) is 5.95 Å². The molecule has 2 saturated heterocycles. The van der Waals surface area contributed by atoms with E-state index in [-0.39, 0.29) is 5.91 Å². The Bertz CT molecular complexity index is 1280. The van der Waals surface area contributed by atoms with Gasteiger partial charge in [0.2, 0.25) is 11.9 Å². The van der Waals surface area contributed by atoms with Crippen molar-refractivity contribution in [2.24, 2.45) is 0 Å². The number of aromatic nitrogens is 2. The number of piperazine rings is 1. The number of allylic oxidation sites excluding steroid dienone is 1. The lowest BCUT2D eigenvalue weighted by Crippen LogP contribution is -2.49. The summed E-state index contributed by atoms with van der Waals surface area (Å²) < 4.78 is 6.70. The monoisotopic (exact) mass is 491 g/mol. The quantitative estimate of drug-likeness (QED) is 0.587. The van der Waals surface area contributed by atoms with E-state index in [4.69, 9.17) is 19.8 Å². The number of morpholine rings is 1. The van der Waals surface area contributed by atoms with Crippen LogP contribution in [0.3, 0.4) is 0 Å². The highest BCUT2D eigenvalue weighted by molar-refractivity contribution is 7.17. The minimum atomic E-state index is -0.419. The molecule has 6 rings (SSSR count). The Morgan fingerprint density at radius 2 is 1.91 bits per heavy atom. The smallest absolute Gasteiger partial charge is 0.248 e. The molecule has 1 N–H and O–H groups in total. The Kier molecular flexibility index (Phi) is 6.24. The van der Waals surface area contributed by atoms with Crippen molar-refractivity contribution in [2.75, 3.05) is 64.0 Å². The normalized spacial score (nSPS) is 18.4. The van der Waals surface area contributed by atoms with Crippen LogP contribution in [0.2, 0.25) is 0 Å². The average molecular weight is 492 g/mol. The molecule has 2 aliphatic heterocycles. The number of anilines is 1. The van der Waals surface area contributed by atoms with Crippen LogP contribution in [-0.4, -0.2) is 89.9 Å². The summed E-state index contributed by atoms with van der Waals surface area (Å²) in [6, 6.07) is 6.50. The molecule has 0 bridgehead atoms. The maximum absolute atomic E-state index is 11.8. The van der Waals surface area contributed by atoms with Crippen LogP contribution in [0.5, 0.6) is 0 Å². The zero-order chi connectivity index (χ0) is 23.8. The third kappa shape index (κ3) is 4.33. The van der Waals surface area contributed by atoms with Gasteiger partial charge in [0, 0.05) is 56.9 Å². The molecule has 182 valence electrons. The van der Waals surface area contributed by atoms with Gasteiger partial charge in [-0.2, -0.15) is 0 Å². The molecule has 35 heavy (non-hydrogen) atoms. The highest BCUT2D eigenvalue weighted by Gasteiger charge is 2.25. The molecule has 0 radical (unpaired) electrons. The largest absolute Gasteiger partial charge is 0.387 e. The second-order valence-corrected chi connectivity index (χ2v) is 10.1. The number of carbonyl (C=O) groups excluding carboxylic acids is 1. The zero-order valence-corrected chi connectivity index (χ0v) is 20.5. The highest BCUT2D eigenvalue weighted by atomic mass is 32.1. The van der Waals surface area contributed by atoms with Gasteiger partial charge in [-0.05, 0) is 22.9 Å². The van der Waals surface area contributed by atoms with Crippen LogP contribution in [-0.2, 0) is 22.5 Å². The van der Waals surface area contributed by atoms with Crippen molar-refractivity contribution in [2.45, 2.75) is 13.0 Å². The van der Waals surface area contributed by atoms with Gasteiger partial charge < -0.3 is 19.6 Å². The summed E-state index contributed by atoms with van der Waals surface area (Å²) in [5.74, 6) is 0.580. The SMILES string of the molecule is O=C(CO)N1CCN(Cc2csc3c(-c4cccc5c4C=CC5)nc(N4CCOCC4)nc23)CC1. The Morgan fingerprint density at radius 3 is 2.71 bits per heavy atom. The van der Waals surface area contributed by atoms with E-state index in [9.17, 15) is 4.79 Å². The van der Waals surface area contributed by atoms with E-state index in [1.54, 1.807) is 16.2 Å². The molecular weight excluding hydrogens is 462 g/mol. The van der Waals surface area contributed by atoms with Gasteiger partial charge in [-0.1, -0.05) is 30.4 Å². The molecule has 9 heteroatoms. The zero-order valence-electron chi connectivity index (χ0n) is 19.7. The first kappa shape index (κ1) is 22.6. The Labute approximate surface area is 208 Å². The Balaban J connectivity index is 1.37. The molecule has 2 fully saturated rings. The van der Waals surface area contributed by atoms with Gasteiger partial charge in [0.05, 0.1) is 29.1 Å². The number of aliphatic hydroxyl groups excluding tert-OH is 1. The third-order valence-electron chi connectivity index (χ3n) is 7.10. The van der Waals surface area contributed by atoms with Gasteiger partial charge in [-0.25, -0.2) is 9.97 Å². The minimum Gasteiger partial charge on any atom is -0.387 e. The third-order valence-corrected chi connectivity index (χ3v) is 8.12. The maximum atomic E-state index is 11.8. The molecule has 1 aliphatic carbocycles. The average Bonchev–Trinajstić information content (AvgIpc) is 3.56. The fraction of sp³-hybridized carbons (Fsp3) is 0.423. The van der Waals surface area contributed by atoms with Crippen molar-refractivity contribution in [1.82, 2.24) is 19.8 Å². The summed E-state index contributed by atoms with van der Waals surface area (Å²) >= 11 is 1.72. The van der Waals surface area contributed by atoms with Gasteiger partial charge in [0.25, 0.3) is 0 Å². The van der Waals surface area contributed by atoms with Gasteiger partial charge in [-0.15, -0.1) is 11.3 Å². The van der Waals surface area contributed by atoms with Gasteiger partial charge in [-0.3, -0.25) is 9.69 Å². The first-order valence-corrected chi connectivity index (χ1v) is 13.1. The van der Waals surface area contributed by atoms with Crippen molar-refractivity contribution in [3.63, 3.8) is 0 Å². The number of ether oxygens (including phenoxy) is 1. The second-order valence-electron chi connectivity index (χ2n) is 9.21. The number of hydrogen-bond acceptors (Lipinski definition) is 8. The molecule has 0 spiro atoms. The fourth-order valence-electron chi connectivity index (χ4n) is 5.15. The number of carbonyl (C=O) groups is 1. The van der Waals surface area contributed by atoms with Crippen LogP contribution in [0, 0.1) is 0 Å². The van der Waals surface area contributed by atoms with E-state index in [2.05, 4.69) is 45.5 Å². The van der Waals surface area contributed by atoms with E-state index < -0.39 is 6.61 Å². The molecule has 1 amide bonds. The van der Waals surface area contributed by atoms with Gasteiger partial charge in [0.15, 0.2) is 0 Å². The molecule has 4 heterocycles. The molecule has 0 unspecified atom stereocenters. The molecule has 3 aliphatic rings. The van der Waals surface area contributed by atoms with Gasteiger partial charge in [0.1, 0.15) is 6.61 Å². The fourth-order valence-corrected chi connectivity index (χ4v) is 6.15. The summed E-state index contributed by atoms with van der Waals surface area (Å²) in [5.41, 5.74) is 7.01.